The van der Waals surface area contributed by atoms with Crippen LogP contribution in [0.4, 0.5) is 5.69 Å². The lowest BCUT2D eigenvalue weighted by molar-refractivity contribution is -0.131. The minimum atomic E-state index is -1.07. The summed E-state index contributed by atoms with van der Waals surface area (Å²) in [6.07, 6.45) is 1.06. The quantitative estimate of drug-likeness (QED) is 0.887. The van der Waals surface area contributed by atoms with Crippen molar-refractivity contribution < 1.29 is 23.9 Å². The number of furan rings is 1. The van der Waals surface area contributed by atoms with Crippen LogP contribution in [0.15, 0.2) is 34.7 Å². The van der Waals surface area contributed by atoms with E-state index in [9.17, 15) is 14.4 Å². The lowest BCUT2D eigenvalue weighted by Crippen LogP contribution is -2.43. The molecular formula is C19H20N2O5. The highest BCUT2D eigenvalue weighted by Gasteiger charge is 2.27. The summed E-state index contributed by atoms with van der Waals surface area (Å²) < 4.78 is 5.41. The second-order valence-electron chi connectivity index (χ2n) is 6.35. The van der Waals surface area contributed by atoms with E-state index in [0.29, 0.717) is 24.4 Å². The molecule has 0 fully saturated rings. The van der Waals surface area contributed by atoms with E-state index in [1.54, 1.807) is 14.0 Å². The third-order valence-corrected chi connectivity index (χ3v) is 4.50. The van der Waals surface area contributed by atoms with Gasteiger partial charge in [-0.15, -0.1) is 0 Å². The highest BCUT2D eigenvalue weighted by atomic mass is 16.4. The number of carboxylic acids is 1. The van der Waals surface area contributed by atoms with E-state index in [4.69, 9.17) is 9.52 Å². The Morgan fingerprint density at radius 3 is 2.69 bits per heavy atom. The Bertz CT molecular complexity index is 871. The van der Waals surface area contributed by atoms with Crippen LogP contribution < -0.4 is 4.90 Å². The molecule has 2 heterocycles. The normalized spacial score (nSPS) is 13.5. The summed E-state index contributed by atoms with van der Waals surface area (Å²) in [4.78, 5) is 38.9. The molecule has 7 heteroatoms. The fourth-order valence-corrected chi connectivity index (χ4v) is 3.08. The molecule has 0 aliphatic carbocycles. The maximum atomic E-state index is 12.6. The number of fused-ring (bicyclic) bond motifs is 1. The molecule has 1 aliphatic heterocycles. The van der Waals surface area contributed by atoms with Crippen LogP contribution in [0.25, 0.3) is 0 Å². The Kier molecular flexibility index (Phi) is 4.79. The van der Waals surface area contributed by atoms with Crippen molar-refractivity contribution in [2.24, 2.45) is 0 Å². The molecule has 3 rings (SSSR count). The summed E-state index contributed by atoms with van der Waals surface area (Å²) in [5.74, 6) is -0.704. The predicted octanol–water partition coefficient (Wildman–Crippen LogP) is 2.22. The minimum absolute atomic E-state index is 0.0577. The zero-order chi connectivity index (χ0) is 18.8. The highest BCUT2D eigenvalue weighted by molar-refractivity contribution is 6.01. The van der Waals surface area contributed by atoms with Gasteiger partial charge in [0.15, 0.2) is 0 Å². The summed E-state index contributed by atoms with van der Waals surface area (Å²) >= 11 is 0. The number of carbonyl (C=O) groups excluding carboxylic acids is 2. The number of hydrogen-bond acceptors (Lipinski definition) is 4. The fourth-order valence-electron chi connectivity index (χ4n) is 3.08. The Hall–Kier alpha value is -3.09. The molecular weight excluding hydrogens is 336 g/mol. The summed E-state index contributed by atoms with van der Waals surface area (Å²) in [7, 11) is 1.60. The van der Waals surface area contributed by atoms with E-state index in [0.717, 1.165) is 11.3 Å². The fraction of sp³-hybridized carbons (Fsp3) is 0.316. The van der Waals surface area contributed by atoms with Crippen LogP contribution in [-0.2, 0) is 22.6 Å². The molecule has 136 valence electrons. The van der Waals surface area contributed by atoms with Crippen molar-refractivity contribution in [2.75, 3.05) is 18.5 Å². The van der Waals surface area contributed by atoms with Crippen LogP contribution in [0, 0.1) is 6.92 Å². The summed E-state index contributed by atoms with van der Waals surface area (Å²) in [6, 6.07) is 8.98. The topological polar surface area (TPSA) is 91.1 Å². The summed E-state index contributed by atoms with van der Waals surface area (Å²) in [5, 5.41) is 9.08. The Morgan fingerprint density at radius 2 is 2.00 bits per heavy atom. The molecule has 0 unspecified atom stereocenters. The second-order valence-corrected chi connectivity index (χ2v) is 6.35. The number of likely N-dealkylation sites (N-methyl/N-ethyl adjacent to an activating group) is 1. The Labute approximate surface area is 150 Å². The van der Waals surface area contributed by atoms with Crippen LogP contribution in [0.1, 0.15) is 33.9 Å². The van der Waals surface area contributed by atoms with Gasteiger partial charge in [0.25, 0.3) is 0 Å². The SMILES string of the molecule is Cc1oc(CN(C)C(=O)CN2C(=O)CCc3ccccc32)cc1C(=O)O. The van der Waals surface area contributed by atoms with Crippen molar-refractivity contribution in [1.82, 2.24) is 4.90 Å². The van der Waals surface area contributed by atoms with Crippen molar-refractivity contribution in [3.8, 4) is 0 Å². The third kappa shape index (κ3) is 3.46. The van der Waals surface area contributed by atoms with Crippen molar-refractivity contribution in [3.63, 3.8) is 0 Å². The molecule has 1 aromatic carbocycles. The average Bonchev–Trinajstić information content (AvgIpc) is 2.97. The zero-order valence-electron chi connectivity index (χ0n) is 14.7. The molecule has 0 saturated heterocycles. The van der Waals surface area contributed by atoms with Gasteiger partial charge in [0.2, 0.25) is 11.8 Å². The number of para-hydroxylation sites is 1. The molecule has 2 aromatic rings. The van der Waals surface area contributed by atoms with E-state index in [1.807, 2.05) is 24.3 Å². The smallest absolute Gasteiger partial charge is 0.339 e. The van der Waals surface area contributed by atoms with Gasteiger partial charge < -0.3 is 19.3 Å². The first kappa shape index (κ1) is 17.7. The van der Waals surface area contributed by atoms with Gasteiger partial charge in [-0.25, -0.2) is 4.79 Å². The van der Waals surface area contributed by atoms with Gasteiger partial charge in [-0.1, -0.05) is 18.2 Å². The molecule has 0 bridgehead atoms. The number of carbonyl (C=O) groups is 3. The molecule has 0 saturated carbocycles. The van der Waals surface area contributed by atoms with Crippen LogP contribution in [0.2, 0.25) is 0 Å². The molecule has 1 N–H and O–H groups in total. The van der Waals surface area contributed by atoms with Gasteiger partial charge in [-0.2, -0.15) is 0 Å². The first-order valence-electron chi connectivity index (χ1n) is 8.31. The minimum Gasteiger partial charge on any atom is -0.478 e. The van der Waals surface area contributed by atoms with E-state index >= 15 is 0 Å². The van der Waals surface area contributed by atoms with E-state index in [-0.39, 0.29) is 30.5 Å². The standard InChI is InChI=1S/C19H20N2O5/c1-12-15(19(24)25)9-14(26-12)10-20(2)18(23)11-21-16-6-4-3-5-13(16)7-8-17(21)22/h3-6,9H,7-8,10-11H2,1-2H3,(H,24,25). The first-order chi connectivity index (χ1) is 12.4. The molecule has 0 atom stereocenters. The van der Waals surface area contributed by atoms with Crippen molar-refractivity contribution in [1.29, 1.82) is 0 Å². The molecule has 26 heavy (non-hydrogen) atoms. The van der Waals surface area contributed by atoms with Crippen LogP contribution in [0.3, 0.4) is 0 Å². The van der Waals surface area contributed by atoms with Gasteiger partial charge in [-0.05, 0) is 31.0 Å². The number of benzene rings is 1. The largest absolute Gasteiger partial charge is 0.478 e. The number of aryl methyl sites for hydroxylation is 2. The third-order valence-electron chi connectivity index (χ3n) is 4.50. The molecule has 7 nitrogen and oxygen atoms in total. The Balaban J connectivity index is 1.71. The number of rotatable bonds is 5. The monoisotopic (exact) mass is 356 g/mol. The summed E-state index contributed by atoms with van der Waals surface area (Å²) in [6.45, 7) is 1.65. The van der Waals surface area contributed by atoms with E-state index < -0.39 is 5.97 Å². The van der Waals surface area contributed by atoms with Crippen LogP contribution in [0.5, 0.6) is 0 Å². The average molecular weight is 356 g/mol. The summed E-state index contributed by atoms with van der Waals surface area (Å²) in [5.41, 5.74) is 1.91. The number of anilines is 1. The molecule has 1 aliphatic rings. The van der Waals surface area contributed by atoms with Gasteiger partial charge in [-0.3, -0.25) is 9.59 Å². The van der Waals surface area contributed by atoms with Crippen LogP contribution in [-0.4, -0.2) is 41.4 Å². The number of aromatic carboxylic acids is 1. The second kappa shape index (κ2) is 7.03. The van der Waals surface area contributed by atoms with Crippen molar-refractivity contribution >= 4 is 23.5 Å². The van der Waals surface area contributed by atoms with E-state index in [2.05, 4.69) is 0 Å². The number of amides is 2. The Morgan fingerprint density at radius 1 is 1.27 bits per heavy atom. The van der Waals surface area contributed by atoms with Gasteiger partial charge in [0, 0.05) is 19.2 Å². The molecule has 1 aromatic heterocycles. The van der Waals surface area contributed by atoms with Crippen molar-refractivity contribution in [2.45, 2.75) is 26.3 Å². The van der Waals surface area contributed by atoms with E-state index in [1.165, 1.54) is 15.9 Å². The molecule has 0 radical (unpaired) electrons. The maximum Gasteiger partial charge on any atom is 0.339 e. The van der Waals surface area contributed by atoms with Gasteiger partial charge in [0.1, 0.15) is 23.6 Å². The number of nitrogens with zero attached hydrogens (tertiary/aromatic N) is 2. The molecule has 0 spiro atoms. The lowest BCUT2D eigenvalue weighted by atomic mass is 10.0. The van der Waals surface area contributed by atoms with Crippen molar-refractivity contribution in [3.05, 3.63) is 53.0 Å². The lowest BCUT2D eigenvalue weighted by Gasteiger charge is -2.30. The predicted molar refractivity (Wildman–Crippen MR) is 94.0 cm³/mol. The number of hydrogen-bond donors (Lipinski definition) is 1. The first-order valence-corrected chi connectivity index (χ1v) is 8.31. The molecule has 2 amide bonds. The zero-order valence-corrected chi connectivity index (χ0v) is 14.7. The number of carboxylic acid groups (broad SMARTS) is 1. The van der Waals surface area contributed by atoms with Crippen LogP contribution >= 0.6 is 0 Å². The van der Waals surface area contributed by atoms with Gasteiger partial charge >= 0.3 is 5.97 Å². The highest BCUT2D eigenvalue weighted by Crippen LogP contribution is 2.27. The van der Waals surface area contributed by atoms with Gasteiger partial charge in [0.05, 0.1) is 6.54 Å². The maximum absolute atomic E-state index is 12.6.